The van der Waals surface area contributed by atoms with Crippen LogP contribution in [0.4, 0.5) is 0 Å². The van der Waals surface area contributed by atoms with Crippen LogP contribution in [0.3, 0.4) is 0 Å². The van der Waals surface area contributed by atoms with Gasteiger partial charge in [-0.2, -0.15) is 0 Å². The summed E-state index contributed by atoms with van der Waals surface area (Å²) in [6, 6.07) is 7.18. The monoisotopic (exact) mass is 320 g/mol. The Labute approximate surface area is 146 Å². The van der Waals surface area contributed by atoms with Crippen molar-refractivity contribution >= 4 is 13.6 Å². The molecule has 1 aromatic rings. The topological polar surface area (TPSA) is 75.7 Å². The van der Waals surface area contributed by atoms with E-state index in [0.29, 0.717) is 12.0 Å². The molecule has 0 saturated carbocycles. The molecule has 0 N–H and O–H groups in total. The number of carboxylic acid groups (broad SMARTS) is 1. The molecule has 0 saturated heterocycles. The number of carboxylic acids is 1. The minimum Gasteiger partial charge on any atom is -0.549 e. The van der Waals surface area contributed by atoms with E-state index in [9.17, 15) is 14.5 Å². The fraction of sp³-hybridized carbons (Fsp3) is 0.500. The molecule has 110 valence electrons. The Morgan fingerprint density at radius 2 is 1.86 bits per heavy atom. The predicted octanol–water partition coefficient (Wildman–Crippen LogP) is -1.29. The first-order valence-corrected chi connectivity index (χ1v) is 8.32. The Balaban J connectivity index is 0.00000220. The fourth-order valence-electron chi connectivity index (χ4n) is 2.74. The number of aliphatic carboxylic acids is 1. The van der Waals surface area contributed by atoms with Crippen LogP contribution in [0.15, 0.2) is 24.3 Å². The van der Waals surface area contributed by atoms with Crippen LogP contribution in [0.2, 0.25) is 0 Å². The largest absolute Gasteiger partial charge is 1.00 e. The van der Waals surface area contributed by atoms with Crippen LogP contribution in [-0.4, -0.2) is 24.8 Å². The third kappa shape index (κ3) is 3.79. The van der Waals surface area contributed by atoms with Gasteiger partial charge in [0, 0.05) is 11.9 Å². The average Bonchev–Trinajstić information content (AvgIpc) is 2.79. The standard InChI is InChI=1S/C14H19O5P.Na/c1-3-18-20(17,19-4-2)12-9-10-7-5-6-8-11(10)13(12)14(15)16;/h5-8,12-13H,3-4,9H2,1-2H3,(H,15,16);/q;+1/p-1. The second-order valence-corrected chi connectivity index (χ2v) is 6.90. The van der Waals surface area contributed by atoms with Gasteiger partial charge in [0.05, 0.1) is 18.9 Å². The molecular formula is C14H18NaO5P. The molecule has 0 heterocycles. The Kier molecular flexibility index (Phi) is 7.11. The van der Waals surface area contributed by atoms with Gasteiger partial charge in [-0.25, -0.2) is 0 Å². The van der Waals surface area contributed by atoms with Crippen LogP contribution in [-0.2, 0) is 24.8 Å². The van der Waals surface area contributed by atoms with E-state index in [0.717, 1.165) is 5.56 Å². The Morgan fingerprint density at radius 3 is 2.38 bits per heavy atom. The molecule has 2 unspecified atom stereocenters. The molecule has 0 fully saturated rings. The molecule has 2 atom stereocenters. The molecule has 5 nitrogen and oxygen atoms in total. The molecule has 0 aliphatic heterocycles. The summed E-state index contributed by atoms with van der Waals surface area (Å²) in [4.78, 5) is 11.5. The molecule has 21 heavy (non-hydrogen) atoms. The van der Waals surface area contributed by atoms with Crippen LogP contribution in [0, 0.1) is 0 Å². The number of benzene rings is 1. The van der Waals surface area contributed by atoms with Crippen LogP contribution < -0.4 is 34.7 Å². The van der Waals surface area contributed by atoms with Crippen LogP contribution in [0.25, 0.3) is 0 Å². The average molecular weight is 320 g/mol. The maximum atomic E-state index is 12.9. The molecule has 0 bridgehead atoms. The first kappa shape index (κ1) is 18.9. The molecule has 1 aromatic carbocycles. The maximum Gasteiger partial charge on any atom is 1.00 e. The maximum absolute atomic E-state index is 12.9. The molecular weight excluding hydrogens is 302 g/mol. The van der Waals surface area contributed by atoms with Crippen molar-refractivity contribution in [2.45, 2.75) is 31.8 Å². The minimum absolute atomic E-state index is 0. The zero-order valence-corrected chi connectivity index (χ0v) is 15.5. The Morgan fingerprint density at radius 1 is 1.29 bits per heavy atom. The van der Waals surface area contributed by atoms with E-state index in [1.807, 2.05) is 12.1 Å². The summed E-state index contributed by atoms with van der Waals surface area (Å²) in [7, 11) is -3.48. The van der Waals surface area contributed by atoms with Gasteiger partial charge in [0.15, 0.2) is 0 Å². The summed E-state index contributed by atoms with van der Waals surface area (Å²) in [5, 5.41) is 11.5. The number of fused-ring (bicyclic) bond motifs is 1. The first-order valence-electron chi connectivity index (χ1n) is 6.71. The zero-order valence-electron chi connectivity index (χ0n) is 12.6. The van der Waals surface area contributed by atoms with Crippen molar-refractivity contribution in [3.05, 3.63) is 35.4 Å². The molecule has 7 heteroatoms. The summed E-state index contributed by atoms with van der Waals surface area (Å²) in [5.41, 5.74) is 0.799. The van der Waals surface area contributed by atoms with Crippen molar-refractivity contribution in [3.63, 3.8) is 0 Å². The van der Waals surface area contributed by atoms with Gasteiger partial charge >= 0.3 is 37.2 Å². The van der Waals surface area contributed by atoms with E-state index in [-0.39, 0.29) is 42.8 Å². The van der Waals surface area contributed by atoms with Gasteiger partial charge in [0.25, 0.3) is 0 Å². The Hall–Kier alpha value is -0.160. The van der Waals surface area contributed by atoms with Crippen molar-refractivity contribution in [2.75, 3.05) is 13.2 Å². The summed E-state index contributed by atoms with van der Waals surface area (Å²) in [6.07, 6.45) is 0.367. The third-order valence-electron chi connectivity index (χ3n) is 3.48. The van der Waals surface area contributed by atoms with Gasteiger partial charge in [-0.3, -0.25) is 4.57 Å². The number of hydrogen-bond acceptors (Lipinski definition) is 5. The van der Waals surface area contributed by atoms with Crippen LogP contribution in [0.5, 0.6) is 0 Å². The van der Waals surface area contributed by atoms with E-state index >= 15 is 0 Å². The predicted molar refractivity (Wildman–Crippen MR) is 72.5 cm³/mol. The molecule has 0 aromatic heterocycles. The Bertz CT molecular complexity index is 538. The minimum atomic E-state index is -3.48. The number of carbonyl (C=O) groups excluding carboxylic acids is 1. The van der Waals surface area contributed by atoms with Gasteiger partial charge in [-0.1, -0.05) is 24.3 Å². The quantitative estimate of drug-likeness (QED) is 0.482. The summed E-state index contributed by atoms with van der Waals surface area (Å²) >= 11 is 0. The van der Waals surface area contributed by atoms with Gasteiger partial charge in [0.1, 0.15) is 0 Å². The van der Waals surface area contributed by atoms with E-state index in [1.54, 1.807) is 26.0 Å². The zero-order chi connectivity index (χ0) is 14.8. The van der Waals surface area contributed by atoms with Gasteiger partial charge in [0.2, 0.25) is 0 Å². The molecule has 2 rings (SSSR count). The van der Waals surface area contributed by atoms with Gasteiger partial charge in [-0.05, 0) is 31.4 Å². The summed E-state index contributed by atoms with van der Waals surface area (Å²) in [6.45, 7) is 3.84. The van der Waals surface area contributed by atoms with Gasteiger partial charge < -0.3 is 18.9 Å². The van der Waals surface area contributed by atoms with Crippen molar-refractivity contribution in [3.8, 4) is 0 Å². The molecule has 0 amide bonds. The smallest absolute Gasteiger partial charge is 0.549 e. The molecule has 1 aliphatic rings. The summed E-state index contributed by atoms with van der Waals surface area (Å²) < 4.78 is 23.5. The third-order valence-corrected chi connectivity index (χ3v) is 6.01. The SMILES string of the molecule is CCOP(=O)(OCC)C1Cc2ccccc2C1C(=O)[O-].[Na+]. The van der Waals surface area contributed by atoms with Crippen molar-refractivity contribution in [2.24, 2.45) is 0 Å². The van der Waals surface area contributed by atoms with E-state index < -0.39 is 25.1 Å². The molecule has 0 spiro atoms. The number of rotatable bonds is 6. The second kappa shape index (κ2) is 7.91. The molecule has 1 aliphatic carbocycles. The van der Waals surface area contributed by atoms with Gasteiger partial charge in [-0.15, -0.1) is 0 Å². The van der Waals surface area contributed by atoms with E-state index in [4.69, 9.17) is 9.05 Å². The number of carbonyl (C=O) groups is 1. The van der Waals surface area contributed by atoms with E-state index in [1.165, 1.54) is 0 Å². The van der Waals surface area contributed by atoms with Crippen molar-refractivity contribution in [1.29, 1.82) is 0 Å². The van der Waals surface area contributed by atoms with Crippen molar-refractivity contribution < 1.29 is 53.1 Å². The molecule has 0 radical (unpaired) electrons. The van der Waals surface area contributed by atoms with Crippen LogP contribution in [0.1, 0.15) is 30.9 Å². The first-order chi connectivity index (χ1) is 9.53. The van der Waals surface area contributed by atoms with Crippen molar-refractivity contribution in [1.82, 2.24) is 0 Å². The fourth-order valence-corrected chi connectivity index (χ4v) is 4.99. The number of hydrogen-bond donors (Lipinski definition) is 0. The summed E-state index contributed by atoms with van der Waals surface area (Å²) in [5.74, 6) is -2.19. The second-order valence-electron chi connectivity index (χ2n) is 4.64. The van der Waals surface area contributed by atoms with Crippen LogP contribution >= 0.6 is 7.60 Å². The normalized spacial score (nSPS) is 20.7. The van der Waals surface area contributed by atoms with E-state index in [2.05, 4.69) is 0 Å².